The third-order valence-corrected chi connectivity index (χ3v) is 5.60. The van der Waals surface area contributed by atoms with E-state index in [0.717, 1.165) is 5.57 Å². The highest BCUT2D eigenvalue weighted by Gasteiger charge is 2.30. The predicted octanol–water partition coefficient (Wildman–Crippen LogP) is 3.39. The van der Waals surface area contributed by atoms with E-state index >= 15 is 0 Å². The number of sulfone groups is 1. The van der Waals surface area contributed by atoms with Crippen LogP contribution in [-0.4, -0.2) is 13.7 Å². The summed E-state index contributed by atoms with van der Waals surface area (Å²) in [6, 6.07) is 6.58. The third-order valence-electron chi connectivity index (χ3n) is 2.87. The van der Waals surface area contributed by atoms with Gasteiger partial charge in [0, 0.05) is 0 Å². The van der Waals surface area contributed by atoms with Gasteiger partial charge in [-0.25, -0.2) is 8.42 Å². The number of hydrogen-bond donors (Lipinski definition) is 0. The van der Waals surface area contributed by atoms with E-state index in [4.69, 9.17) is 11.6 Å². The minimum absolute atomic E-state index is 0.217. The van der Waals surface area contributed by atoms with Gasteiger partial charge in [0.15, 0.2) is 9.84 Å². The maximum Gasteiger partial charge on any atom is 0.186 e. The van der Waals surface area contributed by atoms with Crippen LogP contribution in [0, 0.1) is 0 Å². The van der Waals surface area contributed by atoms with Crippen LogP contribution in [0.2, 0.25) is 5.02 Å². The van der Waals surface area contributed by atoms with Gasteiger partial charge >= 0.3 is 0 Å². The standard InChI is InChI=1S/C13H13ClO2S/c1-10-6-2-4-8-12(10)17(15,16)13-9-5-3-7-11(13)14/h2-7,9,12H,8H2,1H3. The lowest BCUT2D eigenvalue weighted by Crippen LogP contribution is -2.23. The first-order valence-corrected chi connectivity index (χ1v) is 7.27. The van der Waals surface area contributed by atoms with Gasteiger partial charge in [0.05, 0.1) is 15.2 Å². The lowest BCUT2D eigenvalue weighted by Gasteiger charge is -2.19. The zero-order chi connectivity index (χ0) is 12.5. The first kappa shape index (κ1) is 12.4. The summed E-state index contributed by atoms with van der Waals surface area (Å²) in [6.45, 7) is 1.84. The van der Waals surface area contributed by atoms with Gasteiger partial charge in [0.2, 0.25) is 0 Å². The quantitative estimate of drug-likeness (QED) is 0.824. The lowest BCUT2D eigenvalue weighted by molar-refractivity contribution is 0.585. The highest BCUT2D eigenvalue weighted by atomic mass is 35.5. The molecule has 0 aliphatic heterocycles. The molecule has 2 rings (SSSR count). The molecular formula is C13H13ClO2S. The summed E-state index contributed by atoms with van der Waals surface area (Å²) >= 11 is 5.96. The molecule has 90 valence electrons. The van der Waals surface area contributed by atoms with Crippen LogP contribution < -0.4 is 0 Å². The Morgan fingerprint density at radius 2 is 2.00 bits per heavy atom. The topological polar surface area (TPSA) is 34.1 Å². The Kier molecular flexibility index (Phi) is 3.40. The minimum atomic E-state index is -3.39. The average Bonchev–Trinajstić information content (AvgIpc) is 2.29. The second-order valence-corrected chi connectivity index (χ2v) is 6.54. The normalized spacial score (nSPS) is 20.1. The monoisotopic (exact) mass is 268 g/mol. The highest BCUT2D eigenvalue weighted by Crippen LogP contribution is 2.30. The molecule has 0 saturated heterocycles. The molecule has 4 heteroatoms. The van der Waals surface area contributed by atoms with Gasteiger partial charge in [-0.05, 0) is 25.5 Å². The lowest BCUT2D eigenvalue weighted by atomic mass is 10.1. The van der Waals surface area contributed by atoms with Crippen molar-refractivity contribution in [2.75, 3.05) is 0 Å². The van der Waals surface area contributed by atoms with Gasteiger partial charge in [-0.2, -0.15) is 0 Å². The number of halogens is 1. The van der Waals surface area contributed by atoms with Crippen molar-refractivity contribution in [1.82, 2.24) is 0 Å². The van der Waals surface area contributed by atoms with E-state index in [-0.39, 0.29) is 9.92 Å². The van der Waals surface area contributed by atoms with Gasteiger partial charge in [0.25, 0.3) is 0 Å². The highest BCUT2D eigenvalue weighted by molar-refractivity contribution is 7.92. The third kappa shape index (κ3) is 2.31. The van der Waals surface area contributed by atoms with Crippen molar-refractivity contribution in [3.05, 3.63) is 53.1 Å². The summed E-state index contributed by atoms with van der Waals surface area (Å²) in [6.07, 6.45) is 6.10. The van der Waals surface area contributed by atoms with Crippen molar-refractivity contribution in [1.29, 1.82) is 0 Å². The van der Waals surface area contributed by atoms with Crippen LogP contribution >= 0.6 is 11.6 Å². The van der Waals surface area contributed by atoms with E-state index < -0.39 is 15.1 Å². The second-order valence-electron chi connectivity index (χ2n) is 4.04. The zero-order valence-electron chi connectivity index (χ0n) is 9.43. The summed E-state index contributed by atoms with van der Waals surface area (Å²) in [7, 11) is -3.39. The Morgan fingerprint density at radius 3 is 2.65 bits per heavy atom. The molecule has 1 aromatic rings. The van der Waals surface area contributed by atoms with Crippen LogP contribution in [-0.2, 0) is 9.84 Å². The molecule has 1 aliphatic rings. The van der Waals surface area contributed by atoms with Crippen molar-refractivity contribution >= 4 is 21.4 Å². The van der Waals surface area contributed by atoms with Crippen molar-refractivity contribution in [2.24, 2.45) is 0 Å². The molecule has 0 fully saturated rings. The van der Waals surface area contributed by atoms with E-state index in [9.17, 15) is 8.42 Å². The number of allylic oxidation sites excluding steroid dienone is 3. The Labute approximate surface area is 107 Å². The molecule has 2 nitrogen and oxygen atoms in total. The van der Waals surface area contributed by atoms with Crippen molar-refractivity contribution in [2.45, 2.75) is 23.5 Å². The predicted molar refractivity (Wildman–Crippen MR) is 69.9 cm³/mol. The summed E-state index contributed by atoms with van der Waals surface area (Å²) < 4.78 is 24.9. The molecule has 0 N–H and O–H groups in total. The van der Waals surface area contributed by atoms with Crippen LogP contribution in [0.3, 0.4) is 0 Å². The molecule has 1 aliphatic carbocycles. The minimum Gasteiger partial charge on any atom is -0.223 e. The fourth-order valence-electron chi connectivity index (χ4n) is 1.92. The van der Waals surface area contributed by atoms with Crippen LogP contribution in [0.4, 0.5) is 0 Å². The summed E-state index contributed by atoms with van der Waals surface area (Å²) in [5, 5.41) is -0.206. The summed E-state index contributed by atoms with van der Waals surface area (Å²) in [5.41, 5.74) is 0.854. The SMILES string of the molecule is CC1=CC=CCC1S(=O)(=O)c1ccccc1Cl. The molecule has 0 heterocycles. The van der Waals surface area contributed by atoms with Gasteiger partial charge in [-0.1, -0.05) is 47.5 Å². The maximum absolute atomic E-state index is 12.5. The van der Waals surface area contributed by atoms with Crippen LogP contribution in [0.15, 0.2) is 53.0 Å². The van der Waals surface area contributed by atoms with Gasteiger partial charge in [0.1, 0.15) is 0 Å². The fraction of sp³-hybridized carbons (Fsp3) is 0.231. The number of hydrogen-bond acceptors (Lipinski definition) is 2. The Balaban J connectivity index is 2.48. The first-order chi connectivity index (χ1) is 8.03. The van der Waals surface area contributed by atoms with E-state index in [1.165, 1.54) is 0 Å². The Hall–Kier alpha value is -1.06. The average molecular weight is 269 g/mol. The van der Waals surface area contributed by atoms with Crippen LogP contribution in [0.5, 0.6) is 0 Å². The molecule has 1 atom stereocenters. The smallest absolute Gasteiger partial charge is 0.186 e. The molecule has 0 amide bonds. The van der Waals surface area contributed by atoms with E-state index in [1.54, 1.807) is 24.3 Å². The molecule has 1 aromatic carbocycles. The van der Waals surface area contributed by atoms with Gasteiger partial charge in [-0.15, -0.1) is 0 Å². The molecule has 0 radical (unpaired) electrons. The van der Waals surface area contributed by atoms with Crippen molar-refractivity contribution < 1.29 is 8.42 Å². The molecular weight excluding hydrogens is 256 g/mol. The fourth-order valence-corrected chi connectivity index (χ4v) is 4.22. The second kappa shape index (κ2) is 4.67. The van der Waals surface area contributed by atoms with E-state index in [2.05, 4.69) is 0 Å². The number of rotatable bonds is 2. The molecule has 0 spiro atoms. The molecule has 0 bridgehead atoms. The Bertz CT molecular complexity index is 585. The maximum atomic E-state index is 12.5. The van der Waals surface area contributed by atoms with Crippen molar-refractivity contribution in [3.8, 4) is 0 Å². The van der Waals surface area contributed by atoms with Crippen LogP contribution in [0.25, 0.3) is 0 Å². The van der Waals surface area contributed by atoms with E-state index in [0.29, 0.717) is 6.42 Å². The Morgan fingerprint density at radius 1 is 1.29 bits per heavy atom. The van der Waals surface area contributed by atoms with Gasteiger partial charge in [-0.3, -0.25) is 0 Å². The zero-order valence-corrected chi connectivity index (χ0v) is 11.0. The summed E-state index contributed by atoms with van der Waals surface area (Å²) in [4.78, 5) is 0.217. The molecule has 0 saturated carbocycles. The van der Waals surface area contributed by atoms with E-state index in [1.807, 2.05) is 25.2 Å². The van der Waals surface area contributed by atoms with Crippen molar-refractivity contribution in [3.63, 3.8) is 0 Å². The number of benzene rings is 1. The largest absolute Gasteiger partial charge is 0.223 e. The molecule has 17 heavy (non-hydrogen) atoms. The van der Waals surface area contributed by atoms with Crippen LogP contribution in [0.1, 0.15) is 13.3 Å². The molecule has 1 unspecified atom stereocenters. The summed E-state index contributed by atoms with van der Waals surface area (Å²) in [5.74, 6) is 0. The van der Waals surface area contributed by atoms with Gasteiger partial charge < -0.3 is 0 Å². The first-order valence-electron chi connectivity index (χ1n) is 5.35. The molecule has 0 aromatic heterocycles.